The molecule has 0 radical (unpaired) electrons. The Morgan fingerprint density at radius 3 is 2.78 bits per heavy atom. The third-order valence-electron chi connectivity index (χ3n) is 3.25. The van der Waals surface area contributed by atoms with Crippen LogP contribution in [0.3, 0.4) is 0 Å². The van der Waals surface area contributed by atoms with Crippen LogP contribution in [0.25, 0.3) is 0 Å². The molecule has 0 aromatic heterocycles. The highest BCUT2D eigenvalue weighted by atomic mass is 16.5. The fourth-order valence-electron chi connectivity index (χ4n) is 1.91. The van der Waals surface area contributed by atoms with Crippen molar-refractivity contribution < 1.29 is 14.3 Å². The van der Waals surface area contributed by atoms with Crippen LogP contribution in [-0.2, 0) is 4.74 Å². The van der Waals surface area contributed by atoms with Gasteiger partial charge in [0.1, 0.15) is 5.75 Å². The van der Waals surface area contributed by atoms with Crippen molar-refractivity contribution in [2.45, 2.75) is 13.8 Å². The van der Waals surface area contributed by atoms with Crippen LogP contribution >= 0.6 is 0 Å². The Balaban J connectivity index is 2.00. The van der Waals surface area contributed by atoms with Crippen molar-refractivity contribution in [1.82, 2.24) is 5.32 Å². The SMILES string of the molecule is COc1cc(C(=O)NCC2(C)COC2)ccc1C. The molecule has 4 heteroatoms. The highest BCUT2D eigenvalue weighted by Crippen LogP contribution is 2.25. The lowest BCUT2D eigenvalue weighted by atomic mass is 9.88. The number of hydrogen-bond donors (Lipinski definition) is 1. The molecular weight excluding hydrogens is 230 g/mol. The van der Waals surface area contributed by atoms with E-state index in [9.17, 15) is 4.79 Å². The number of methoxy groups -OCH3 is 1. The Hall–Kier alpha value is -1.55. The maximum Gasteiger partial charge on any atom is 0.251 e. The van der Waals surface area contributed by atoms with Crippen molar-refractivity contribution in [3.05, 3.63) is 29.3 Å². The molecule has 0 atom stereocenters. The monoisotopic (exact) mass is 249 g/mol. The highest BCUT2D eigenvalue weighted by Gasteiger charge is 2.33. The van der Waals surface area contributed by atoms with Crippen LogP contribution in [0.2, 0.25) is 0 Å². The first-order chi connectivity index (χ1) is 8.54. The summed E-state index contributed by atoms with van der Waals surface area (Å²) in [6.07, 6.45) is 0. The molecule has 1 aliphatic heterocycles. The van der Waals surface area contributed by atoms with E-state index in [1.807, 2.05) is 19.1 Å². The normalized spacial score (nSPS) is 16.8. The third-order valence-corrected chi connectivity index (χ3v) is 3.25. The molecule has 1 saturated heterocycles. The van der Waals surface area contributed by atoms with Gasteiger partial charge in [-0.1, -0.05) is 13.0 Å². The van der Waals surface area contributed by atoms with E-state index in [-0.39, 0.29) is 11.3 Å². The van der Waals surface area contributed by atoms with Gasteiger partial charge in [-0.25, -0.2) is 0 Å². The number of amides is 1. The van der Waals surface area contributed by atoms with Crippen LogP contribution in [0, 0.1) is 12.3 Å². The van der Waals surface area contributed by atoms with Gasteiger partial charge in [0, 0.05) is 17.5 Å². The molecule has 1 fully saturated rings. The Bertz CT molecular complexity index is 452. The third kappa shape index (κ3) is 2.64. The lowest BCUT2D eigenvalue weighted by Crippen LogP contribution is -2.48. The second-order valence-electron chi connectivity index (χ2n) is 5.17. The van der Waals surface area contributed by atoms with E-state index in [0.29, 0.717) is 25.3 Å². The summed E-state index contributed by atoms with van der Waals surface area (Å²) < 4.78 is 10.4. The van der Waals surface area contributed by atoms with Gasteiger partial charge in [-0.2, -0.15) is 0 Å². The molecular formula is C14H19NO3. The second-order valence-corrected chi connectivity index (χ2v) is 5.17. The molecule has 4 nitrogen and oxygen atoms in total. The Morgan fingerprint density at radius 2 is 2.22 bits per heavy atom. The zero-order valence-electron chi connectivity index (χ0n) is 11.1. The van der Waals surface area contributed by atoms with Gasteiger partial charge in [-0.05, 0) is 24.6 Å². The zero-order chi connectivity index (χ0) is 13.2. The molecule has 98 valence electrons. The van der Waals surface area contributed by atoms with Crippen molar-refractivity contribution >= 4 is 5.91 Å². The summed E-state index contributed by atoms with van der Waals surface area (Å²) in [5.41, 5.74) is 1.74. The summed E-state index contributed by atoms with van der Waals surface area (Å²) >= 11 is 0. The maximum atomic E-state index is 12.0. The van der Waals surface area contributed by atoms with Crippen molar-refractivity contribution in [2.75, 3.05) is 26.9 Å². The lowest BCUT2D eigenvalue weighted by Gasteiger charge is -2.38. The van der Waals surface area contributed by atoms with Gasteiger partial charge in [0.2, 0.25) is 0 Å². The molecule has 1 heterocycles. The van der Waals surface area contributed by atoms with E-state index in [1.165, 1.54) is 0 Å². The van der Waals surface area contributed by atoms with Crippen LogP contribution in [0.1, 0.15) is 22.8 Å². The smallest absolute Gasteiger partial charge is 0.251 e. The summed E-state index contributed by atoms with van der Waals surface area (Å²) in [5, 5.41) is 2.94. The molecule has 0 unspecified atom stereocenters. The number of carbonyl (C=O) groups is 1. The summed E-state index contributed by atoms with van der Waals surface area (Å²) in [6, 6.07) is 5.47. The number of rotatable bonds is 4. The second kappa shape index (κ2) is 4.98. The molecule has 0 aliphatic carbocycles. The highest BCUT2D eigenvalue weighted by molar-refractivity contribution is 5.94. The molecule has 0 bridgehead atoms. The summed E-state index contributed by atoms with van der Waals surface area (Å²) in [4.78, 5) is 12.0. The van der Waals surface area contributed by atoms with Crippen molar-refractivity contribution in [1.29, 1.82) is 0 Å². The summed E-state index contributed by atoms with van der Waals surface area (Å²) in [7, 11) is 1.61. The van der Waals surface area contributed by atoms with Gasteiger partial charge in [-0.3, -0.25) is 4.79 Å². The van der Waals surface area contributed by atoms with E-state index in [2.05, 4.69) is 12.2 Å². The van der Waals surface area contributed by atoms with Crippen LogP contribution in [0.4, 0.5) is 0 Å². The zero-order valence-corrected chi connectivity index (χ0v) is 11.1. The van der Waals surface area contributed by atoms with E-state index in [4.69, 9.17) is 9.47 Å². The fraction of sp³-hybridized carbons (Fsp3) is 0.500. The van der Waals surface area contributed by atoms with Crippen molar-refractivity contribution in [3.8, 4) is 5.75 Å². The fourth-order valence-corrected chi connectivity index (χ4v) is 1.91. The van der Waals surface area contributed by atoms with Gasteiger partial charge < -0.3 is 14.8 Å². The number of carbonyl (C=O) groups excluding carboxylic acids is 1. The maximum absolute atomic E-state index is 12.0. The molecule has 1 amide bonds. The molecule has 1 aliphatic rings. The number of aryl methyl sites for hydroxylation is 1. The molecule has 1 aromatic rings. The minimum absolute atomic E-state index is 0.0681. The molecule has 1 aromatic carbocycles. The van der Waals surface area contributed by atoms with Crippen LogP contribution in [0.15, 0.2) is 18.2 Å². The van der Waals surface area contributed by atoms with E-state index < -0.39 is 0 Å². The summed E-state index contributed by atoms with van der Waals surface area (Å²) in [6.45, 7) is 6.12. The Kier molecular flexibility index (Phi) is 3.57. The first-order valence-corrected chi connectivity index (χ1v) is 6.05. The Labute approximate surface area is 107 Å². The molecule has 18 heavy (non-hydrogen) atoms. The van der Waals surface area contributed by atoms with E-state index in [1.54, 1.807) is 13.2 Å². The van der Waals surface area contributed by atoms with Crippen LogP contribution < -0.4 is 10.1 Å². The summed E-state index contributed by atoms with van der Waals surface area (Å²) in [5.74, 6) is 0.669. The number of benzene rings is 1. The van der Waals surface area contributed by atoms with Crippen LogP contribution in [-0.4, -0.2) is 32.8 Å². The van der Waals surface area contributed by atoms with Crippen molar-refractivity contribution in [2.24, 2.45) is 5.41 Å². The van der Waals surface area contributed by atoms with Crippen molar-refractivity contribution in [3.63, 3.8) is 0 Å². The minimum atomic E-state index is -0.0681. The molecule has 2 rings (SSSR count). The average Bonchev–Trinajstić information content (AvgIpc) is 2.34. The van der Waals surface area contributed by atoms with Gasteiger partial charge in [-0.15, -0.1) is 0 Å². The number of nitrogens with one attached hydrogen (secondary N) is 1. The standard InChI is InChI=1S/C14H19NO3/c1-10-4-5-11(6-12(10)17-3)13(16)15-7-14(2)8-18-9-14/h4-6H,7-9H2,1-3H3,(H,15,16). The number of hydrogen-bond acceptors (Lipinski definition) is 3. The van der Waals surface area contributed by atoms with Gasteiger partial charge in [0.05, 0.1) is 20.3 Å². The van der Waals surface area contributed by atoms with Crippen LogP contribution in [0.5, 0.6) is 5.75 Å². The molecule has 0 spiro atoms. The lowest BCUT2D eigenvalue weighted by molar-refractivity contribution is -0.0978. The Morgan fingerprint density at radius 1 is 1.50 bits per heavy atom. The molecule has 1 N–H and O–H groups in total. The van der Waals surface area contributed by atoms with E-state index in [0.717, 1.165) is 11.3 Å². The van der Waals surface area contributed by atoms with E-state index >= 15 is 0 Å². The van der Waals surface area contributed by atoms with Gasteiger partial charge in [0.25, 0.3) is 5.91 Å². The average molecular weight is 249 g/mol. The minimum Gasteiger partial charge on any atom is -0.496 e. The predicted molar refractivity (Wildman–Crippen MR) is 69.0 cm³/mol. The van der Waals surface area contributed by atoms with Gasteiger partial charge >= 0.3 is 0 Å². The van der Waals surface area contributed by atoms with Gasteiger partial charge in [0.15, 0.2) is 0 Å². The quantitative estimate of drug-likeness (QED) is 0.884. The first-order valence-electron chi connectivity index (χ1n) is 6.05. The predicted octanol–water partition coefficient (Wildman–Crippen LogP) is 1.77. The topological polar surface area (TPSA) is 47.6 Å². The molecule has 0 saturated carbocycles. The first kappa shape index (κ1) is 12.9. The number of ether oxygens (including phenoxy) is 2. The largest absolute Gasteiger partial charge is 0.496 e.